The van der Waals surface area contributed by atoms with E-state index in [9.17, 15) is 0 Å². The van der Waals surface area contributed by atoms with Crippen molar-refractivity contribution in [1.29, 1.82) is 0 Å². The second-order valence-corrected chi connectivity index (χ2v) is 20.8. The van der Waals surface area contributed by atoms with Crippen molar-refractivity contribution in [3.8, 4) is 0 Å². The predicted molar refractivity (Wildman–Crippen MR) is 61.6 cm³/mol. The molecule has 0 bridgehead atoms. The van der Waals surface area contributed by atoms with Gasteiger partial charge < -0.3 is 0 Å². The van der Waals surface area contributed by atoms with E-state index in [0.29, 0.717) is 0 Å². The molecule has 3 heteroatoms. The first-order valence-electron chi connectivity index (χ1n) is 4.19. The van der Waals surface area contributed by atoms with Gasteiger partial charge in [-0.3, -0.25) is 0 Å². The van der Waals surface area contributed by atoms with Crippen molar-refractivity contribution >= 4 is 37.6 Å². The Morgan fingerprint density at radius 2 is 1.75 bits per heavy atom. The molecule has 0 saturated heterocycles. The molecule has 1 heterocycles. The molecule has 1 rings (SSSR count). The van der Waals surface area contributed by atoms with Crippen LogP contribution in [0.25, 0.3) is 0 Å². The van der Waals surface area contributed by atoms with Crippen molar-refractivity contribution in [1.82, 2.24) is 0 Å². The summed E-state index contributed by atoms with van der Waals surface area (Å²) in [4.78, 5) is 9.56. The molecule has 0 aliphatic rings. The van der Waals surface area contributed by atoms with Gasteiger partial charge in [0.1, 0.15) is 0 Å². The molecule has 0 aliphatic heterocycles. The molecule has 12 heavy (non-hydrogen) atoms. The second kappa shape index (κ2) is 3.58. The van der Waals surface area contributed by atoms with E-state index in [2.05, 4.69) is 45.9 Å². The Morgan fingerprint density at radius 1 is 1.17 bits per heavy atom. The third-order valence-corrected chi connectivity index (χ3v) is 12.5. The van der Waals surface area contributed by atoms with E-state index in [1.807, 2.05) is 11.3 Å². The van der Waals surface area contributed by atoms with Crippen molar-refractivity contribution < 1.29 is 0 Å². The Bertz CT molecular complexity index is 260. The minimum absolute atomic E-state index is 1.39. The van der Waals surface area contributed by atoms with Crippen molar-refractivity contribution in [3.05, 3.63) is 12.1 Å². The third kappa shape index (κ3) is 2.39. The summed E-state index contributed by atoms with van der Waals surface area (Å²) >= 11 is 0.206. The van der Waals surface area contributed by atoms with Gasteiger partial charge in [-0.05, 0) is 0 Å². The summed E-state index contributed by atoms with van der Waals surface area (Å²) in [7, 11) is 4.21. The molecule has 0 fully saturated rings. The van der Waals surface area contributed by atoms with Crippen LogP contribution in [0.4, 0.5) is 5.00 Å². The van der Waals surface area contributed by atoms with Gasteiger partial charge in [0, 0.05) is 0 Å². The molecule has 0 radical (unpaired) electrons. The summed E-state index contributed by atoms with van der Waals surface area (Å²) in [5, 5.41) is 1.39. The van der Waals surface area contributed by atoms with Crippen molar-refractivity contribution in [2.24, 2.45) is 0 Å². The summed E-state index contributed by atoms with van der Waals surface area (Å²) in [6.45, 7) is 0. The molecule has 0 N–H and O–H groups in total. The van der Waals surface area contributed by atoms with Crippen LogP contribution in [0.3, 0.4) is 0 Å². The van der Waals surface area contributed by atoms with Crippen molar-refractivity contribution in [2.45, 2.75) is 14.8 Å². The van der Waals surface area contributed by atoms with Crippen LogP contribution >= 0.6 is 11.3 Å². The topological polar surface area (TPSA) is 3.24 Å². The Kier molecular flexibility index (Phi) is 3.10. The van der Waals surface area contributed by atoms with Gasteiger partial charge in [-0.25, -0.2) is 0 Å². The van der Waals surface area contributed by atoms with E-state index in [-0.39, 0.29) is 0 Å². The van der Waals surface area contributed by atoms with Gasteiger partial charge >= 0.3 is 83.6 Å². The van der Waals surface area contributed by atoms with Gasteiger partial charge in [-0.2, -0.15) is 0 Å². The summed E-state index contributed by atoms with van der Waals surface area (Å²) in [5.74, 6) is 0. The summed E-state index contributed by atoms with van der Waals surface area (Å²) in [5.41, 5.74) is 0. The zero-order valence-electron chi connectivity index (χ0n) is 8.51. The molecule has 0 atom stereocenters. The van der Waals surface area contributed by atoms with E-state index in [1.165, 1.54) is 5.00 Å². The van der Waals surface area contributed by atoms with Crippen molar-refractivity contribution in [3.63, 3.8) is 0 Å². The first-order chi connectivity index (χ1) is 5.41. The van der Waals surface area contributed by atoms with Gasteiger partial charge in [0.15, 0.2) is 0 Å². The van der Waals surface area contributed by atoms with Crippen LogP contribution in [0.2, 0.25) is 14.8 Å². The third-order valence-electron chi connectivity index (χ3n) is 1.77. The molecule has 0 unspecified atom stereocenters. The van der Waals surface area contributed by atoms with Crippen LogP contribution in [0.15, 0.2) is 12.1 Å². The molecule has 1 aromatic rings. The average Bonchev–Trinajstić information content (AvgIpc) is 2.30. The van der Waals surface area contributed by atoms with E-state index < -0.39 is 18.4 Å². The zero-order valence-corrected chi connectivity index (χ0v) is 12.2. The summed E-state index contributed by atoms with van der Waals surface area (Å²) in [6.07, 6.45) is 0. The summed E-state index contributed by atoms with van der Waals surface area (Å²) in [6, 6.07) is 4.55. The van der Waals surface area contributed by atoms with Gasteiger partial charge in [0.2, 0.25) is 0 Å². The Hall–Kier alpha value is 0.299. The first-order valence-corrected chi connectivity index (χ1v) is 15.0. The molecule has 0 aromatic carbocycles. The maximum absolute atomic E-state index is 2.46. The molecular formula is C9H17NSSn. The Labute approximate surface area is 83.3 Å². The number of rotatable bonds is 2. The van der Waals surface area contributed by atoms with E-state index in [1.54, 1.807) is 2.89 Å². The van der Waals surface area contributed by atoms with E-state index in [0.717, 1.165) is 0 Å². The fraction of sp³-hybridized carbons (Fsp3) is 0.556. The number of thiophene rings is 1. The second-order valence-electron chi connectivity index (χ2n) is 4.28. The van der Waals surface area contributed by atoms with Crippen molar-refractivity contribution in [2.75, 3.05) is 19.0 Å². The Balaban J connectivity index is 2.92. The SMILES string of the molecule is CN(C)c1cc[c]([Sn]([CH3])([CH3])[CH3])s1. The number of hydrogen-bond acceptors (Lipinski definition) is 2. The minimum atomic E-state index is -1.76. The molecular weight excluding hydrogens is 273 g/mol. The standard InChI is InChI=1S/C6H8NS.3CH3.Sn/c1-7(2)6-4-3-5-8-6;;;;/h3-4H,1-2H3;3*1H3;. The fourth-order valence-corrected chi connectivity index (χ4v) is 7.14. The molecule has 0 saturated carbocycles. The van der Waals surface area contributed by atoms with Gasteiger partial charge in [0.05, 0.1) is 0 Å². The molecule has 0 aliphatic carbocycles. The number of nitrogens with zero attached hydrogens (tertiary/aromatic N) is 1. The van der Waals surface area contributed by atoms with E-state index in [4.69, 9.17) is 0 Å². The van der Waals surface area contributed by atoms with Crippen LogP contribution < -0.4 is 7.79 Å². The average molecular weight is 290 g/mol. The molecule has 1 aromatic heterocycles. The maximum atomic E-state index is 2.46. The fourth-order valence-electron chi connectivity index (χ4n) is 0.971. The van der Waals surface area contributed by atoms with Crippen LogP contribution in [-0.4, -0.2) is 32.5 Å². The van der Waals surface area contributed by atoms with Gasteiger partial charge in [-0.1, -0.05) is 0 Å². The van der Waals surface area contributed by atoms with E-state index >= 15 is 0 Å². The normalized spacial score (nSPS) is 11.8. The van der Waals surface area contributed by atoms with Crippen LogP contribution in [0.1, 0.15) is 0 Å². The van der Waals surface area contributed by atoms with Crippen LogP contribution in [0.5, 0.6) is 0 Å². The summed E-state index contributed by atoms with van der Waals surface area (Å²) < 4.78 is 1.66. The zero-order chi connectivity index (χ0) is 9.35. The Morgan fingerprint density at radius 3 is 2.00 bits per heavy atom. The predicted octanol–water partition coefficient (Wildman–Crippen LogP) is 2.36. The molecule has 68 valence electrons. The first kappa shape index (κ1) is 10.4. The molecule has 1 nitrogen and oxygen atoms in total. The molecule has 0 spiro atoms. The van der Waals surface area contributed by atoms with Gasteiger partial charge in [0.25, 0.3) is 0 Å². The number of anilines is 1. The monoisotopic (exact) mass is 291 g/mol. The van der Waals surface area contributed by atoms with Crippen LogP contribution in [-0.2, 0) is 0 Å². The quantitative estimate of drug-likeness (QED) is 0.756. The van der Waals surface area contributed by atoms with Gasteiger partial charge in [-0.15, -0.1) is 0 Å². The molecule has 0 amide bonds. The number of hydrogen-bond donors (Lipinski definition) is 0. The van der Waals surface area contributed by atoms with Crippen LogP contribution in [0, 0.1) is 0 Å².